The molecule has 174 valence electrons. The van der Waals surface area contributed by atoms with Gasteiger partial charge in [-0.2, -0.15) is 4.98 Å². The zero-order chi connectivity index (χ0) is 24.0. The lowest BCUT2D eigenvalue weighted by atomic mass is 10.1. The van der Waals surface area contributed by atoms with Gasteiger partial charge in [-0.15, -0.1) is 6.58 Å². The maximum Gasteiger partial charge on any atom is 0.338 e. The molecular weight excluding hydrogens is 466 g/mol. The van der Waals surface area contributed by atoms with Gasteiger partial charge < -0.3 is 9.26 Å². The van der Waals surface area contributed by atoms with E-state index in [0.29, 0.717) is 23.9 Å². The van der Waals surface area contributed by atoms with Crippen LogP contribution in [0.25, 0.3) is 0 Å². The molecule has 0 fully saturated rings. The van der Waals surface area contributed by atoms with Crippen LogP contribution >= 0.6 is 11.6 Å². The fourth-order valence-corrected chi connectivity index (χ4v) is 4.80. The van der Waals surface area contributed by atoms with E-state index in [1.807, 2.05) is 13.8 Å². The molecule has 8 nitrogen and oxygen atoms in total. The number of sulfonamides is 1. The third kappa shape index (κ3) is 6.00. The number of ether oxygens (including phenoxy) is 1. The van der Waals surface area contributed by atoms with Crippen molar-refractivity contribution in [3.8, 4) is 0 Å². The van der Waals surface area contributed by atoms with Crippen molar-refractivity contribution >= 4 is 33.3 Å². The number of anilines is 1. The predicted molar refractivity (Wildman–Crippen MR) is 125 cm³/mol. The molecule has 0 unspecified atom stereocenters. The Morgan fingerprint density at radius 2 is 2.00 bits per heavy atom. The fraction of sp³-hybridized carbons (Fsp3) is 0.261. The van der Waals surface area contributed by atoms with Crippen LogP contribution in [0.5, 0.6) is 0 Å². The molecule has 33 heavy (non-hydrogen) atoms. The van der Waals surface area contributed by atoms with Gasteiger partial charge in [0, 0.05) is 6.42 Å². The van der Waals surface area contributed by atoms with Gasteiger partial charge in [-0.3, -0.25) is 4.31 Å². The summed E-state index contributed by atoms with van der Waals surface area (Å²) in [5, 5.41) is 4.12. The number of para-hydroxylation sites is 1. The van der Waals surface area contributed by atoms with Crippen LogP contribution in [0.1, 0.15) is 35.9 Å². The Balaban J connectivity index is 1.79. The van der Waals surface area contributed by atoms with Gasteiger partial charge in [0.05, 0.1) is 27.7 Å². The summed E-state index contributed by atoms with van der Waals surface area (Å²) in [6.07, 6.45) is 2.10. The molecule has 3 rings (SSSR count). The zero-order valence-electron chi connectivity index (χ0n) is 18.3. The number of hydrogen-bond donors (Lipinski definition) is 0. The minimum absolute atomic E-state index is 0.00336. The number of carbonyl (C=O) groups excluding carboxylic acids is 1. The van der Waals surface area contributed by atoms with E-state index in [1.165, 1.54) is 30.3 Å². The Kier molecular flexibility index (Phi) is 7.88. The van der Waals surface area contributed by atoms with E-state index in [2.05, 4.69) is 16.7 Å². The van der Waals surface area contributed by atoms with Crippen LogP contribution in [0.15, 0.2) is 70.6 Å². The maximum atomic E-state index is 13.4. The van der Waals surface area contributed by atoms with Crippen LogP contribution in [0.2, 0.25) is 5.02 Å². The number of aromatic nitrogens is 2. The van der Waals surface area contributed by atoms with E-state index in [0.717, 1.165) is 4.31 Å². The van der Waals surface area contributed by atoms with Crippen LogP contribution in [-0.2, 0) is 27.8 Å². The van der Waals surface area contributed by atoms with Crippen LogP contribution < -0.4 is 4.31 Å². The van der Waals surface area contributed by atoms with Crippen molar-refractivity contribution in [2.75, 3.05) is 10.8 Å². The molecule has 0 spiro atoms. The largest absolute Gasteiger partial charge is 0.452 e. The van der Waals surface area contributed by atoms with Crippen molar-refractivity contribution in [1.29, 1.82) is 0 Å². The number of benzene rings is 2. The Bertz CT molecular complexity index is 1240. The first kappa shape index (κ1) is 24.5. The highest BCUT2D eigenvalue weighted by Gasteiger charge is 2.26. The fourth-order valence-electron chi connectivity index (χ4n) is 3.02. The Morgan fingerprint density at radius 3 is 2.70 bits per heavy atom. The molecule has 1 aromatic heterocycles. The number of carbonyl (C=O) groups is 1. The average molecular weight is 490 g/mol. The summed E-state index contributed by atoms with van der Waals surface area (Å²) in [5.74, 6) is 0.336. The van der Waals surface area contributed by atoms with Crippen molar-refractivity contribution in [2.45, 2.75) is 31.8 Å². The van der Waals surface area contributed by atoms with Gasteiger partial charge in [0.15, 0.2) is 12.4 Å². The topological polar surface area (TPSA) is 103 Å². The van der Waals surface area contributed by atoms with Crippen molar-refractivity contribution in [1.82, 2.24) is 10.1 Å². The van der Waals surface area contributed by atoms with Gasteiger partial charge in [0.25, 0.3) is 15.9 Å². The highest BCUT2D eigenvalue weighted by atomic mass is 35.5. The van der Waals surface area contributed by atoms with E-state index in [1.54, 1.807) is 24.3 Å². The molecule has 0 bridgehead atoms. The monoisotopic (exact) mass is 489 g/mol. The maximum absolute atomic E-state index is 13.4. The number of halogens is 1. The summed E-state index contributed by atoms with van der Waals surface area (Å²) < 4.78 is 38.2. The summed E-state index contributed by atoms with van der Waals surface area (Å²) in [6.45, 7) is 7.47. The van der Waals surface area contributed by atoms with Gasteiger partial charge in [-0.25, -0.2) is 13.2 Å². The summed E-state index contributed by atoms with van der Waals surface area (Å²) in [7, 11) is -4.04. The lowest BCUT2D eigenvalue weighted by Gasteiger charge is -2.24. The summed E-state index contributed by atoms with van der Waals surface area (Å²) in [4.78, 5) is 16.6. The van der Waals surface area contributed by atoms with E-state index >= 15 is 0 Å². The molecule has 1 heterocycles. The number of esters is 1. The van der Waals surface area contributed by atoms with E-state index in [9.17, 15) is 13.2 Å². The normalized spacial score (nSPS) is 11.4. The quantitative estimate of drug-likeness (QED) is 0.301. The minimum atomic E-state index is -4.04. The lowest BCUT2D eigenvalue weighted by molar-refractivity contribution is 0.0429. The van der Waals surface area contributed by atoms with Gasteiger partial charge in [0.2, 0.25) is 0 Å². The first-order chi connectivity index (χ1) is 15.7. The standard InChI is InChI=1S/C23H24ClN3O5S/c1-4-12-27(20-11-6-5-10-19(20)24)33(29,30)18-9-7-8-17(14-18)23(28)31-15-22-25-21(26-32-22)13-16(2)3/h4-11,14,16H,1,12-13,15H2,2-3H3. The van der Waals surface area contributed by atoms with Crippen LogP contribution in [0, 0.1) is 5.92 Å². The van der Waals surface area contributed by atoms with Crippen LogP contribution in [-0.4, -0.2) is 31.1 Å². The molecule has 0 saturated carbocycles. The SMILES string of the molecule is C=CCN(c1ccccc1Cl)S(=O)(=O)c1cccc(C(=O)OCc2nc(CC(C)C)no2)c1. The third-order valence-electron chi connectivity index (χ3n) is 4.50. The summed E-state index contributed by atoms with van der Waals surface area (Å²) >= 11 is 6.22. The first-order valence-electron chi connectivity index (χ1n) is 10.2. The Labute approximate surface area is 197 Å². The van der Waals surface area contributed by atoms with Crippen LogP contribution in [0.4, 0.5) is 5.69 Å². The second-order valence-electron chi connectivity index (χ2n) is 7.58. The van der Waals surface area contributed by atoms with E-state index in [4.69, 9.17) is 20.9 Å². The van der Waals surface area contributed by atoms with Crippen molar-refractivity contribution in [3.63, 3.8) is 0 Å². The summed E-state index contributed by atoms with van der Waals surface area (Å²) in [5.41, 5.74) is 0.372. The van der Waals surface area contributed by atoms with Gasteiger partial charge in [-0.1, -0.05) is 54.9 Å². The average Bonchev–Trinajstić information content (AvgIpc) is 3.23. The minimum Gasteiger partial charge on any atom is -0.452 e. The number of hydrogen-bond acceptors (Lipinski definition) is 7. The molecule has 0 aliphatic carbocycles. The van der Waals surface area contributed by atoms with E-state index < -0.39 is 16.0 Å². The number of rotatable bonds is 10. The highest BCUT2D eigenvalue weighted by Crippen LogP contribution is 2.30. The van der Waals surface area contributed by atoms with Gasteiger partial charge in [0.1, 0.15) is 0 Å². The van der Waals surface area contributed by atoms with Crippen molar-refractivity contribution < 1.29 is 22.5 Å². The molecule has 0 aliphatic heterocycles. The third-order valence-corrected chi connectivity index (χ3v) is 6.60. The molecule has 10 heteroatoms. The molecule has 0 saturated heterocycles. The smallest absolute Gasteiger partial charge is 0.338 e. The Morgan fingerprint density at radius 1 is 1.24 bits per heavy atom. The molecular formula is C23H24ClN3O5S. The molecule has 2 aromatic carbocycles. The molecule has 3 aromatic rings. The second kappa shape index (κ2) is 10.6. The predicted octanol–water partition coefficient (Wildman–Crippen LogP) is 4.66. The first-order valence-corrected chi connectivity index (χ1v) is 12.0. The van der Waals surface area contributed by atoms with Gasteiger partial charge >= 0.3 is 5.97 Å². The second-order valence-corrected chi connectivity index (χ2v) is 9.85. The number of nitrogens with zero attached hydrogens (tertiary/aromatic N) is 3. The highest BCUT2D eigenvalue weighted by molar-refractivity contribution is 7.92. The molecule has 0 N–H and O–H groups in total. The molecule has 0 atom stereocenters. The molecule has 0 radical (unpaired) electrons. The van der Waals surface area contributed by atoms with E-state index in [-0.39, 0.29) is 34.5 Å². The van der Waals surface area contributed by atoms with Crippen molar-refractivity contribution in [3.05, 3.63) is 83.5 Å². The Hall–Kier alpha value is -3.17. The van der Waals surface area contributed by atoms with Gasteiger partial charge in [-0.05, 0) is 36.2 Å². The van der Waals surface area contributed by atoms with Crippen molar-refractivity contribution in [2.24, 2.45) is 5.92 Å². The lowest BCUT2D eigenvalue weighted by Crippen LogP contribution is -2.31. The molecule has 0 amide bonds. The molecule has 0 aliphatic rings. The summed E-state index contributed by atoms with van der Waals surface area (Å²) in [6, 6.07) is 12.2. The zero-order valence-corrected chi connectivity index (χ0v) is 19.8. The van der Waals surface area contributed by atoms with Crippen LogP contribution in [0.3, 0.4) is 0 Å².